The molecule has 0 bridgehead atoms. The Kier molecular flexibility index (Phi) is 4.77. The SMILES string of the molecule is CO/N=C1/N(C)c2ccc(N3C[C@@H](CNC(=O)OC)OC3=O)cc2C1(F)F. The molecule has 27 heavy (non-hydrogen) atoms. The van der Waals surface area contributed by atoms with Crippen molar-refractivity contribution >= 4 is 29.4 Å². The van der Waals surface area contributed by atoms with Crippen LogP contribution >= 0.6 is 0 Å². The maximum Gasteiger partial charge on any atom is 0.414 e. The lowest BCUT2D eigenvalue weighted by Gasteiger charge is -2.16. The van der Waals surface area contributed by atoms with Crippen molar-refractivity contribution in [1.82, 2.24) is 5.32 Å². The van der Waals surface area contributed by atoms with E-state index < -0.39 is 30.0 Å². The van der Waals surface area contributed by atoms with Gasteiger partial charge in [-0.25, -0.2) is 9.59 Å². The number of carbonyl (C=O) groups is 2. The number of fused-ring (bicyclic) bond motifs is 1. The predicted molar refractivity (Wildman–Crippen MR) is 91.2 cm³/mol. The van der Waals surface area contributed by atoms with Crippen LogP contribution in [0.3, 0.4) is 0 Å². The molecule has 0 aromatic heterocycles. The zero-order valence-electron chi connectivity index (χ0n) is 14.9. The molecule has 1 N–H and O–H groups in total. The van der Waals surface area contributed by atoms with Gasteiger partial charge in [-0.15, -0.1) is 0 Å². The number of ether oxygens (including phenoxy) is 2. The van der Waals surface area contributed by atoms with Gasteiger partial charge in [-0.3, -0.25) is 4.90 Å². The molecule has 0 unspecified atom stereocenters. The summed E-state index contributed by atoms with van der Waals surface area (Å²) in [5.41, 5.74) is 0.226. The van der Waals surface area contributed by atoms with Crippen LogP contribution in [0.2, 0.25) is 0 Å². The van der Waals surface area contributed by atoms with Gasteiger partial charge in [0.25, 0.3) is 0 Å². The number of hydrogen-bond acceptors (Lipinski definition) is 6. The summed E-state index contributed by atoms with van der Waals surface area (Å²) in [4.78, 5) is 30.2. The number of alkyl carbamates (subject to hydrolysis) is 1. The number of cyclic esters (lactones) is 1. The topological polar surface area (TPSA) is 92.7 Å². The molecule has 0 spiro atoms. The molecule has 2 heterocycles. The first-order chi connectivity index (χ1) is 12.8. The second-order valence-electron chi connectivity index (χ2n) is 5.92. The smallest absolute Gasteiger partial charge is 0.414 e. The van der Waals surface area contributed by atoms with Crippen LogP contribution < -0.4 is 15.1 Å². The van der Waals surface area contributed by atoms with E-state index in [9.17, 15) is 18.4 Å². The van der Waals surface area contributed by atoms with Gasteiger partial charge in [-0.05, 0) is 18.2 Å². The average molecular weight is 384 g/mol. The fourth-order valence-electron chi connectivity index (χ4n) is 2.99. The highest BCUT2D eigenvalue weighted by atomic mass is 19.3. The normalized spacial score (nSPS) is 21.9. The van der Waals surface area contributed by atoms with Crippen LogP contribution in [0.15, 0.2) is 23.4 Å². The lowest BCUT2D eigenvalue weighted by atomic mass is 10.1. The number of benzene rings is 1. The van der Waals surface area contributed by atoms with Gasteiger partial charge in [0.1, 0.15) is 13.2 Å². The number of hydrogen-bond donors (Lipinski definition) is 1. The third-order valence-electron chi connectivity index (χ3n) is 4.30. The van der Waals surface area contributed by atoms with Gasteiger partial charge in [0.05, 0.1) is 31.5 Å². The first kappa shape index (κ1) is 18.7. The summed E-state index contributed by atoms with van der Waals surface area (Å²) in [6, 6.07) is 4.24. The number of oxime groups is 1. The monoisotopic (exact) mass is 384 g/mol. The van der Waals surface area contributed by atoms with Crippen LogP contribution in [0.4, 0.5) is 29.7 Å². The van der Waals surface area contributed by atoms with E-state index in [1.165, 1.54) is 43.2 Å². The predicted octanol–water partition coefficient (Wildman–Crippen LogP) is 1.87. The fourth-order valence-corrected chi connectivity index (χ4v) is 2.99. The Labute approximate surface area is 153 Å². The Morgan fingerprint density at radius 1 is 1.44 bits per heavy atom. The van der Waals surface area contributed by atoms with E-state index in [1.54, 1.807) is 6.07 Å². The van der Waals surface area contributed by atoms with Crippen molar-refractivity contribution < 1.29 is 32.7 Å². The van der Waals surface area contributed by atoms with Crippen molar-refractivity contribution in [3.05, 3.63) is 23.8 Å². The molecule has 1 aromatic rings. The molecule has 1 saturated heterocycles. The van der Waals surface area contributed by atoms with Gasteiger partial charge in [-0.1, -0.05) is 5.16 Å². The summed E-state index contributed by atoms with van der Waals surface area (Å²) in [7, 11) is 3.86. The Morgan fingerprint density at radius 3 is 2.85 bits per heavy atom. The second kappa shape index (κ2) is 6.89. The zero-order valence-corrected chi connectivity index (χ0v) is 14.9. The van der Waals surface area contributed by atoms with Crippen molar-refractivity contribution in [2.45, 2.75) is 12.0 Å². The summed E-state index contributed by atoms with van der Waals surface area (Å²) in [6.07, 6.45) is -1.97. The molecular formula is C16H18F2N4O5. The first-order valence-electron chi connectivity index (χ1n) is 7.97. The molecule has 3 rings (SSSR count). The van der Waals surface area contributed by atoms with Gasteiger partial charge < -0.3 is 24.5 Å². The lowest BCUT2D eigenvalue weighted by Crippen LogP contribution is -2.34. The van der Waals surface area contributed by atoms with Crippen molar-refractivity contribution in [2.24, 2.45) is 5.16 Å². The summed E-state index contributed by atoms with van der Waals surface area (Å²) in [5.74, 6) is -3.91. The van der Waals surface area contributed by atoms with E-state index in [0.29, 0.717) is 0 Å². The third-order valence-corrected chi connectivity index (χ3v) is 4.30. The van der Waals surface area contributed by atoms with E-state index >= 15 is 0 Å². The summed E-state index contributed by atoms with van der Waals surface area (Å²) in [5, 5.41) is 5.84. The van der Waals surface area contributed by atoms with Gasteiger partial charge >= 0.3 is 18.1 Å². The minimum atomic E-state index is -3.37. The molecule has 146 valence electrons. The van der Waals surface area contributed by atoms with Gasteiger partial charge in [0, 0.05) is 12.7 Å². The molecule has 0 radical (unpaired) electrons. The van der Waals surface area contributed by atoms with E-state index in [0.717, 1.165) is 0 Å². The molecule has 2 aliphatic heterocycles. The molecular weight excluding hydrogens is 366 g/mol. The van der Waals surface area contributed by atoms with E-state index in [4.69, 9.17) is 4.74 Å². The highest BCUT2D eigenvalue weighted by Gasteiger charge is 2.50. The molecule has 2 aliphatic rings. The number of methoxy groups -OCH3 is 1. The van der Waals surface area contributed by atoms with Gasteiger partial charge in [0.15, 0.2) is 0 Å². The fraction of sp³-hybridized carbons (Fsp3) is 0.438. The molecule has 2 amide bonds. The van der Waals surface area contributed by atoms with Crippen molar-refractivity contribution in [3.63, 3.8) is 0 Å². The number of anilines is 2. The quantitative estimate of drug-likeness (QED) is 0.797. The number of amidine groups is 1. The van der Waals surface area contributed by atoms with E-state index in [1.807, 2.05) is 0 Å². The molecule has 0 aliphatic carbocycles. The van der Waals surface area contributed by atoms with Crippen LogP contribution in [0.1, 0.15) is 5.56 Å². The van der Waals surface area contributed by atoms with Crippen molar-refractivity contribution in [1.29, 1.82) is 0 Å². The minimum absolute atomic E-state index is 0.0450. The number of nitrogens with zero attached hydrogens (tertiary/aromatic N) is 3. The maximum atomic E-state index is 14.7. The number of carbonyl (C=O) groups excluding carboxylic acids is 2. The number of likely N-dealkylation sites (N-methyl/N-ethyl adjacent to an activating group) is 1. The maximum absolute atomic E-state index is 14.7. The molecule has 1 fully saturated rings. The summed E-state index contributed by atoms with van der Waals surface area (Å²) < 4.78 is 39.0. The zero-order chi connectivity index (χ0) is 19.8. The number of nitrogens with one attached hydrogen (secondary N) is 1. The number of rotatable bonds is 4. The number of amides is 2. The summed E-state index contributed by atoms with van der Waals surface area (Å²) >= 11 is 0. The van der Waals surface area contributed by atoms with Crippen molar-refractivity contribution in [3.8, 4) is 0 Å². The van der Waals surface area contributed by atoms with Gasteiger partial charge in [-0.2, -0.15) is 8.78 Å². The molecule has 1 atom stereocenters. The second-order valence-corrected chi connectivity index (χ2v) is 5.92. The first-order valence-corrected chi connectivity index (χ1v) is 7.97. The average Bonchev–Trinajstić information content (AvgIpc) is 3.11. The largest absolute Gasteiger partial charge is 0.453 e. The van der Waals surface area contributed by atoms with Crippen LogP contribution in [0, 0.1) is 0 Å². The van der Waals surface area contributed by atoms with Crippen LogP contribution in [0.5, 0.6) is 0 Å². The Balaban J connectivity index is 1.82. The molecule has 0 saturated carbocycles. The van der Waals surface area contributed by atoms with E-state index in [-0.39, 0.29) is 30.0 Å². The highest BCUT2D eigenvalue weighted by molar-refractivity contribution is 6.09. The summed E-state index contributed by atoms with van der Waals surface area (Å²) in [6.45, 7) is 0.144. The third kappa shape index (κ3) is 3.20. The Hall–Kier alpha value is -3.11. The standard InChI is InChI=1S/C16H18F2N4O5/c1-21-12-5-4-9(6-11(12)16(17,18)13(21)20-26-3)22-8-10(27-15(22)24)7-19-14(23)25-2/h4-6,10H,7-8H2,1-3H3,(H,19,23)/b20-13+/t10-/m1/s1. The minimum Gasteiger partial charge on any atom is -0.453 e. The number of halogens is 2. The van der Waals surface area contributed by atoms with Crippen molar-refractivity contribution in [2.75, 3.05) is 44.2 Å². The van der Waals surface area contributed by atoms with Crippen LogP contribution in [0.25, 0.3) is 0 Å². The number of alkyl halides is 2. The van der Waals surface area contributed by atoms with E-state index in [2.05, 4.69) is 20.0 Å². The highest BCUT2D eigenvalue weighted by Crippen LogP contribution is 2.46. The van der Waals surface area contributed by atoms with Crippen LogP contribution in [-0.4, -0.2) is 58.5 Å². The Morgan fingerprint density at radius 2 is 2.19 bits per heavy atom. The van der Waals surface area contributed by atoms with Crippen LogP contribution in [-0.2, 0) is 20.2 Å². The molecule has 1 aromatic carbocycles. The van der Waals surface area contributed by atoms with Gasteiger partial charge in [0.2, 0.25) is 5.84 Å². The molecule has 9 nitrogen and oxygen atoms in total. The lowest BCUT2D eigenvalue weighted by molar-refractivity contribution is 0.0728. The molecule has 11 heteroatoms. The Bertz CT molecular complexity index is 801.